The van der Waals surface area contributed by atoms with E-state index in [-0.39, 0.29) is 5.91 Å². The normalized spacial score (nSPS) is 13.4. The fourth-order valence-electron chi connectivity index (χ4n) is 2.43. The Kier molecular flexibility index (Phi) is 5.36. The van der Waals surface area contributed by atoms with Gasteiger partial charge in [-0.25, -0.2) is 0 Å². The van der Waals surface area contributed by atoms with E-state index in [0.29, 0.717) is 25.5 Å². The van der Waals surface area contributed by atoms with Gasteiger partial charge in [-0.2, -0.15) is 0 Å². The summed E-state index contributed by atoms with van der Waals surface area (Å²) in [6.45, 7) is 3.04. The summed E-state index contributed by atoms with van der Waals surface area (Å²) >= 11 is 0. The number of ether oxygens (including phenoxy) is 2. The molecule has 0 atom stereocenters. The van der Waals surface area contributed by atoms with Crippen LogP contribution in [0.5, 0.6) is 17.2 Å². The first-order valence-electron chi connectivity index (χ1n) is 8.43. The molecule has 0 saturated heterocycles. The van der Waals surface area contributed by atoms with Crippen molar-refractivity contribution in [3.05, 3.63) is 54.1 Å². The maximum absolute atomic E-state index is 11.6. The van der Waals surface area contributed by atoms with Crippen LogP contribution < -0.4 is 14.8 Å². The van der Waals surface area contributed by atoms with E-state index in [9.17, 15) is 4.79 Å². The molecular formula is C20H23NO3. The number of carbonyl (C=O) groups excluding carboxylic acids is 1. The Hall–Kier alpha value is -2.49. The molecule has 0 bridgehead atoms. The molecule has 2 aromatic rings. The van der Waals surface area contributed by atoms with E-state index in [2.05, 4.69) is 5.32 Å². The van der Waals surface area contributed by atoms with E-state index in [0.717, 1.165) is 22.8 Å². The predicted octanol–water partition coefficient (Wildman–Crippen LogP) is 4.08. The van der Waals surface area contributed by atoms with Gasteiger partial charge in [-0.05, 0) is 67.6 Å². The third-order valence-electron chi connectivity index (χ3n) is 3.91. The monoisotopic (exact) mass is 325 g/mol. The fourth-order valence-corrected chi connectivity index (χ4v) is 2.43. The summed E-state index contributed by atoms with van der Waals surface area (Å²) in [5.74, 6) is 3.10. The molecule has 0 radical (unpaired) electrons. The van der Waals surface area contributed by atoms with E-state index in [1.54, 1.807) is 0 Å². The Morgan fingerprint density at radius 1 is 1.08 bits per heavy atom. The van der Waals surface area contributed by atoms with Gasteiger partial charge in [0.05, 0.1) is 6.54 Å². The fraction of sp³-hybridized carbons (Fsp3) is 0.350. The van der Waals surface area contributed by atoms with Gasteiger partial charge in [0.15, 0.2) is 0 Å². The summed E-state index contributed by atoms with van der Waals surface area (Å²) in [5.41, 5.74) is 1.16. The molecule has 1 aliphatic carbocycles. The van der Waals surface area contributed by atoms with Crippen molar-refractivity contribution in [1.29, 1.82) is 0 Å². The number of hydrogen-bond acceptors (Lipinski definition) is 3. The average Bonchev–Trinajstić information content (AvgIpc) is 3.37. The Bertz CT molecular complexity index is 678. The average molecular weight is 325 g/mol. The van der Waals surface area contributed by atoms with Crippen molar-refractivity contribution in [1.82, 2.24) is 5.32 Å². The minimum atomic E-state index is 0.128. The summed E-state index contributed by atoms with van der Waals surface area (Å²) in [4.78, 5) is 11.6. The quantitative estimate of drug-likeness (QED) is 0.744. The molecule has 2 aromatic carbocycles. The molecule has 0 spiro atoms. The first kappa shape index (κ1) is 16.4. The largest absolute Gasteiger partial charge is 0.492 e. The topological polar surface area (TPSA) is 47.6 Å². The first-order valence-corrected chi connectivity index (χ1v) is 8.43. The number of amides is 1. The third kappa shape index (κ3) is 5.30. The summed E-state index contributed by atoms with van der Waals surface area (Å²) in [6, 6.07) is 15.4. The van der Waals surface area contributed by atoms with Crippen LogP contribution in [-0.4, -0.2) is 19.1 Å². The molecule has 0 unspecified atom stereocenters. The molecule has 0 aromatic heterocycles. The van der Waals surface area contributed by atoms with Crippen molar-refractivity contribution >= 4 is 5.91 Å². The van der Waals surface area contributed by atoms with Gasteiger partial charge in [0.1, 0.15) is 23.9 Å². The van der Waals surface area contributed by atoms with E-state index >= 15 is 0 Å². The van der Waals surface area contributed by atoms with Crippen LogP contribution in [0.15, 0.2) is 48.5 Å². The van der Waals surface area contributed by atoms with Gasteiger partial charge in [0, 0.05) is 6.42 Å². The van der Waals surface area contributed by atoms with Crippen LogP contribution in [0, 0.1) is 12.8 Å². The predicted molar refractivity (Wildman–Crippen MR) is 93.5 cm³/mol. The van der Waals surface area contributed by atoms with Crippen LogP contribution in [0.3, 0.4) is 0 Å². The number of nitrogens with one attached hydrogen (secondary N) is 1. The van der Waals surface area contributed by atoms with Gasteiger partial charge in [0.2, 0.25) is 5.91 Å². The summed E-state index contributed by atoms with van der Waals surface area (Å²) < 4.78 is 11.4. The number of hydrogen-bond donors (Lipinski definition) is 1. The number of carbonyl (C=O) groups is 1. The molecule has 1 amide bonds. The van der Waals surface area contributed by atoms with Gasteiger partial charge < -0.3 is 14.8 Å². The van der Waals surface area contributed by atoms with E-state index in [1.165, 1.54) is 12.8 Å². The lowest BCUT2D eigenvalue weighted by Gasteiger charge is -2.09. The maximum Gasteiger partial charge on any atom is 0.220 e. The van der Waals surface area contributed by atoms with Crippen LogP contribution >= 0.6 is 0 Å². The van der Waals surface area contributed by atoms with E-state index in [1.807, 2.05) is 55.5 Å². The second-order valence-electron chi connectivity index (χ2n) is 6.24. The first-order chi connectivity index (χ1) is 11.7. The van der Waals surface area contributed by atoms with Crippen molar-refractivity contribution in [3.63, 3.8) is 0 Å². The molecule has 3 rings (SSSR count). The lowest BCUT2D eigenvalue weighted by atomic mass is 10.2. The third-order valence-corrected chi connectivity index (χ3v) is 3.91. The Morgan fingerprint density at radius 2 is 1.83 bits per heavy atom. The Labute approximate surface area is 142 Å². The highest BCUT2D eigenvalue weighted by Crippen LogP contribution is 2.32. The standard InChI is InChI=1S/C20H23NO3/c1-15-3-2-4-19(13-15)24-18-9-7-17(8-10-18)23-12-11-21-20(22)14-16-5-6-16/h2-4,7-10,13,16H,5-6,11-12,14H2,1H3,(H,21,22). The minimum absolute atomic E-state index is 0.128. The van der Waals surface area contributed by atoms with Crippen LogP contribution in [-0.2, 0) is 4.79 Å². The van der Waals surface area contributed by atoms with Gasteiger partial charge in [-0.1, -0.05) is 12.1 Å². The highest BCUT2D eigenvalue weighted by Gasteiger charge is 2.23. The van der Waals surface area contributed by atoms with Crippen molar-refractivity contribution in [2.24, 2.45) is 5.92 Å². The molecule has 0 heterocycles. The van der Waals surface area contributed by atoms with Crippen molar-refractivity contribution < 1.29 is 14.3 Å². The summed E-state index contributed by atoms with van der Waals surface area (Å²) in [5, 5.41) is 2.88. The van der Waals surface area contributed by atoms with Crippen molar-refractivity contribution in [2.75, 3.05) is 13.2 Å². The van der Waals surface area contributed by atoms with Crippen molar-refractivity contribution in [3.8, 4) is 17.2 Å². The molecule has 1 aliphatic rings. The Balaban J connectivity index is 1.40. The molecule has 1 N–H and O–H groups in total. The Morgan fingerprint density at radius 3 is 2.54 bits per heavy atom. The SMILES string of the molecule is Cc1cccc(Oc2ccc(OCCNC(=O)CC3CC3)cc2)c1. The second kappa shape index (κ2) is 7.86. The zero-order chi connectivity index (χ0) is 16.8. The molecule has 0 aliphatic heterocycles. The van der Waals surface area contributed by atoms with Gasteiger partial charge in [-0.3, -0.25) is 4.79 Å². The highest BCUT2D eigenvalue weighted by atomic mass is 16.5. The molecule has 24 heavy (non-hydrogen) atoms. The molecule has 4 heteroatoms. The maximum atomic E-state index is 11.6. The van der Waals surface area contributed by atoms with Crippen LogP contribution in [0.2, 0.25) is 0 Å². The lowest BCUT2D eigenvalue weighted by molar-refractivity contribution is -0.121. The number of benzene rings is 2. The molecule has 126 valence electrons. The van der Waals surface area contributed by atoms with E-state index < -0.39 is 0 Å². The number of rotatable bonds is 8. The second-order valence-corrected chi connectivity index (χ2v) is 6.24. The molecule has 4 nitrogen and oxygen atoms in total. The summed E-state index contributed by atoms with van der Waals surface area (Å²) in [7, 11) is 0. The lowest BCUT2D eigenvalue weighted by Crippen LogP contribution is -2.28. The van der Waals surface area contributed by atoms with Crippen molar-refractivity contribution in [2.45, 2.75) is 26.2 Å². The van der Waals surface area contributed by atoms with Crippen LogP contribution in [0.25, 0.3) is 0 Å². The van der Waals surface area contributed by atoms with E-state index in [4.69, 9.17) is 9.47 Å². The molecular weight excluding hydrogens is 302 g/mol. The van der Waals surface area contributed by atoms with Gasteiger partial charge in [0.25, 0.3) is 0 Å². The molecule has 1 saturated carbocycles. The summed E-state index contributed by atoms with van der Waals surface area (Å²) in [6.07, 6.45) is 3.05. The van der Waals surface area contributed by atoms with Gasteiger partial charge >= 0.3 is 0 Å². The highest BCUT2D eigenvalue weighted by molar-refractivity contribution is 5.76. The smallest absolute Gasteiger partial charge is 0.220 e. The molecule has 1 fully saturated rings. The van der Waals surface area contributed by atoms with Gasteiger partial charge in [-0.15, -0.1) is 0 Å². The van der Waals surface area contributed by atoms with Crippen LogP contribution in [0.1, 0.15) is 24.8 Å². The zero-order valence-electron chi connectivity index (χ0n) is 14.0. The van der Waals surface area contributed by atoms with Crippen LogP contribution in [0.4, 0.5) is 0 Å². The minimum Gasteiger partial charge on any atom is -0.492 e. The number of aryl methyl sites for hydroxylation is 1. The zero-order valence-corrected chi connectivity index (χ0v) is 14.0.